The first-order valence-corrected chi connectivity index (χ1v) is 10.7. The van der Waals surface area contributed by atoms with Gasteiger partial charge in [-0.1, -0.05) is 83.5 Å². The summed E-state index contributed by atoms with van der Waals surface area (Å²) in [5.74, 6) is 2.12. The molecule has 3 atom stereocenters. The van der Waals surface area contributed by atoms with Crippen molar-refractivity contribution in [2.24, 2.45) is 11.3 Å². The average molecular weight is 383 g/mol. The molecule has 0 spiro atoms. The fourth-order valence-electron chi connectivity index (χ4n) is 3.60. The van der Waals surface area contributed by atoms with Gasteiger partial charge in [-0.2, -0.15) is 0 Å². The van der Waals surface area contributed by atoms with Crippen molar-refractivity contribution in [1.82, 2.24) is 0 Å². The highest BCUT2D eigenvalue weighted by atomic mass is 16.7. The molecule has 0 bridgehead atoms. The number of hydrogen-bond acceptors (Lipinski definition) is 2. The Kier molecular flexibility index (Phi) is 8.57. The summed E-state index contributed by atoms with van der Waals surface area (Å²) in [7, 11) is 0. The highest BCUT2D eigenvalue weighted by Crippen LogP contribution is 2.38. The van der Waals surface area contributed by atoms with Gasteiger partial charge in [-0.15, -0.1) is 0 Å². The Morgan fingerprint density at radius 1 is 0.893 bits per heavy atom. The van der Waals surface area contributed by atoms with E-state index in [0.29, 0.717) is 23.9 Å². The zero-order valence-corrected chi connectivity index (χ0v) is 18.6. The van der Waals surface area contributed by atoms with Crippen LogP contribution < -0.4 is 4.74 Å². The second-order valence-corrected chi connectivity index (χ2v) is 9.12. The van der Waals surface area contributed by atoms with E-state index in [4.69, 9.17) is 9.47 Å². The number of benzene rings is 2. The van der Waals surface area contributed by atoms with Gasteiger partial charge in [-0.3, -0.25) is 0 Å². The van der Waals surface area contributed by atoms with E-state index < -0.39 is 0 Å². The van der Waals surface area contributed by atoms with Gasteiger partial charge in [0.25, 0.3) is 0 Å². The maximum atomic E-state index is 5.95. The van der Waals surface area contributed by atoms with Gasteiger partial charge in [0.05, 0.1) is 6.61 Å². The van der Waals surface area contributed by atoms with Crippen molar-refractivity contribution in [1.29, 1.82) is 0 Å². The van der Waals surface area contributed by atoms with Crippen molar-refractivity contribution in [3.63, 3.8) is 0 Å². The molecule has 0 aliphatic heterocycles. The molecule has 3 unspecified atom stereocenters. The first-order valence-electron chi connectivity index (χ1n) is 10.7. The van der Waals surface area contributed by atoms with E-state index in [9.17, 15) is 0 Å². The van der Waals surface area contributed by atoms with E-state index in [1.165, 1.54) is 24.0 Å². The minimum absolute atomic E-state index is 0.255. The molecule has 2 nitrogen and oxygen atoms in total. The van der Waals surface area contributed by atoms with Gasteiger partial charge >= 0.3 is 0 Å². The standard InChI is InChI=1S/C26H38O2/c1-7-20(2)25(19-26(4,5)6)23-13-15-24(16-14-23)28-21(3)27-18-17-22-11-9-8-10-12-22/h8-16,20-21,25H,7,17-19H2,1-6H3. The lowest BCUT2D eigenvalue weighted by Gasteiger charge is -2.30. The minimum Gasteiger partial charge on any atom is -0.465 e. The SMILES string of the molecule is CCC(C)C(CC(C)(C)C)c1ccc(OC(C)OCCc2ccccc2)cc1. The van der Waals surface area contributed by atoms with Gasteiger partial charge in [0.15, 0.2) is 6.29 Å². The molecular weight excluding hydrogens is 344 g/mol. The number of ether oxygens (including phenoxy) is 2. The van der Waals surface area contributed by atoms with Gasteiger partial charge in [0.1, 0.15) is 5.75 Å². The lowest BCUT2D eigenvalue weighted by atomic mass is 9.75. The van der Waals surface area contributed by atoms with Crippen molar-refractivity contribution in [3.05, 3.63) is 65.7 Å². The van der Waals surface area contributed by atoms with Crippen molar-refractivity contribution < 1.29 is 9.47 Å². The third-order valence-corrected chi connectivity index (χ3v) is 5.36. The molecule has 0 saturated carbocycles. The normalized spacial score (nSPS) is 15.1. The fourth-order valence-corrected chi connectivity index (χ4v) is 3.60. The third kappa shape index (κ3) is 7.67. The fraction of sp³-hybridized carbons (Fsp3) is 0.538. The van der Waals surface area contributed by atoms with Crippen LogP contribution in [0.2, 0.25) is 0 Å². The molecule has 28 heavy (non-hydrogen) atoms. The van der Waals surface area contributed by atoms with Crippen molar-refractivity contribution in [2.75, 3.05) is 6.61 Å². The molecule has 0 heterocycles. The Balaban J connectivity index is 1.89. The molecule has 0 N–H and O–H groups in total. The summed E-state index contributed by atoms with van der Waals surface area (Å²) in [6, 6.07) is 19.0. The lowest BCUT2D eigenvalue weighted by molar-refractivity contribution is -0.0654. The predicted molar refractivity (Wildman–Crippen MR) is 119 cm³/mol. The van der Waals surface area contributed by atoms with Crippen molar-refractivity contribution >= 4 is 0 Å². The summed E-state index contributed by atoms with van der Waals surface area (Å²) >= 11 is 0. The van der Waals surface area contributed by atoms with Crippen LogP contribution in [0, 0.1) is 11.3 Å². The van der Waals surface area contributed by atoms with E-state index >= 15 is 0 Å². The Morgan fingerprint density at radius 3 is 2.11 bits per heavy atom. The molecule has 0 aliphatic rings. The molecular formula is C26H38O2. The molecule has 2 aromatic carbocycles. The first kappa shape index (κ1) is 22.5. The molecule has 0 saturated heterocycles. The van der Waals surface area contributed by atoms with Crippen LogP contribution in [0.5, 0.6) is 5.75 Å². The second kappa shape index (κ2) is 10.7. The van der Waals surface area contributed by atoms with Gasteiger partial charge < -0.3 is 9.47 Å². The molecule has 0 amide bonds. The number of rotatable bonds is 10. The third-order valence-electron chi connectivity index (χ3n) is 5.36. The highest BCUT2D eigenvalue weighted by molar-refractivity contribution is 5.30. The first-order chi connectivity index (χ1) is 13.3. The largest absolute Gasteiger partial charge is 0.465 e. The van der Waals surface area contributed by atoms with Crippen LogP contribution in [0.1, 0.15) is 71.4 Å². The van der Waals surface area contributed by atoms with E-state index in [1.54, 1.807) is 0 Å². The Morgan fingerprint density at radius 2 is 1.54 bits per heavy atom. The van der Waals surface area contributed by atoms with Gasteiger partial charge in [0, 0.05) is 0 Å². The molecule has 0 aromatic heterocycles. The number of hydrogen-bond donors (Lipinski definition) is 0. The summed E-state index contributed by atoms with van der Waals surface area (Å²) in [4.78, 5) is 0. The second-order valence-electron chi connectivity index (χ2n) is 9.12. The Hall–Kier alpha value is -1.80. The molecule has 2 rings (SSSR count). The smallest absolute Gasteiger partial charge is 0.196 e. The summed E-state index contributed by atoms with van der Waals surface area (Å²) in [5.41, 5.74) is 3.02. The molecule has 2 heteroatoms. The molecule has 154 valence electrons. The van der Waals surface area contributed by atoms with Crippen LogP contribution in [0.4, 0.5) is 0 Å². The van der Waals surface area contributed by atoms with Gasteiger partial charge in [0.2, 0.25) is 0 Å². The zero-order valence-electron chi connectivity index (χ0n) is 18.6. The van der Waals surface area contributed by atoms with Crippen molar-refractivity contribution in [2.45, 2.75) is 73.0 Å². The van der Waals surface area contributed by atoms with Crippen LogP contribution in [0.3, 0.4) is 0 Å². The quantitative estimate of drug-likeness (QED) is 0.403. The zero-order chi connectivity index (χ0) is 20.6. The van der Waals surface area contributed by atoms with Crippen LogP contribution in [-0.4, -0.2) is 12.9 Å². The monoisotopic (exact) mass is 382 g/mol. The highest BCUT2D eigenvalue weighted by Gasteiger charge is 2.24. The van der Waals surface area contributed by atoms with Crippen LogP contribution >= 0.6 is 0 Å². The van der Waals surface area contributed by atoms with Crippen molar-refractivity contribution in [3.8, 4) is 5.75 Å². The Labute approximate surface area is 172 Å². The topological polar surface area (TPSA) is 18.5 Å². The maximum absolute atomic E-state index is 5.95. The van der Waals surface area contributed by atoms with Crippen LogP contribution in [0.25, 0.3) is 0 Å². The average Bonchev–Trinajstić information content (AvgIpc) is 2.66. The van der Waals surface area contributed by atoms with E-state index in [2.05, 4.69) is 83.1 Å². The summed E-state index contributed by atoms with van der Waals surface area (Å²) < 4.78 is 11.8. The summed E-state index contributed by atoms with van der Waals surface area (Å²) in [6.07, 6.45) is 3.04. The molecule has 2 aromatic rings. The molecule has 0 radical (unpaired) electrons. The molecule has 0 fully saturated rings. The van der Waals surface area contributed by atoms with Gasteiger partial charge in [-0.25, -0.2) is 0 Å². The van der Waals surface area contributed by atoms with Crippen LogP contribution in [-0.2, 0) is 11.2 Å². The molecule has 0 aliphatic carbocycles. The summed E-state index contributed by atoms with van der Waals surface area (Å²) in [5, 5.41) is 0. The Bertz CT molecular complexity index is 670. The summed E-state index contributed by atoms with van der Waals surface area (Å²) in [6.45, 7) is 14.2. The van der Waals surface area contributed by atoms with E-state index in [0.717, 1.165) is 12.2 Å². The van der Waals surface area contributed by atoms with E-state index in [-0.39, 0.29) is 6.29 Å². The van der Waals surface area contributed by atoms with Gasteiger partial charge in [-0.05, 0) is 60.3 Å². The van der Waals surface area contributed by atoms with Crippen LogP contribution in [0.15, 0.2) is 54.6 Å². The van der Waals surface area contributed by atoms with E-state index in [1.807, 2.05) is 13.0 Å². The maximum Gasteiger partial charge on any atom is 0.196 e. The minimum atomic E-state index is -0.255. The lowest BCUT2D eigenvalue weighted by Crippen LogP contribution is -2.19. The predicted octanol–water partition coefficient (Wildman–Crippen LogP) is 7.24.